The zero-order chi connectivity index (χ0) is 16.7. The molecule has 10 heteroatoms. The van der Waals surface area contributed by atoms with Crippen molar-refractivity contribution in [2.24, 2.45) is 0 Å². The summed E-state index contributed by atoms with van der Waals surface area (Å²) in [6, 6.07) is 0. The third-order valence-electron chi connectivity index (χ3n) is 4.44. The predicted octanol–water partition coefficient (Wildman–Crippen LogP) is -1.73. The topological polar surface area (TPSA) is 126 Å². The number of hydrogen-bond acceptors (Lipinski definition) is 9. The number of anilines is 1. The number of nitrogens with zero attached hydrogens (tertiary/aromatic N) is 5. The van der Waals surface area contributed by atoms with Gasteiger partial charge in [-0.3, -0.25) is 4.57 Å². The molecule has 2 aliphatic rings. The van der Waals surface area contributed by atoms with Gasteiger partial charge in [-0.1, -0.05) is 0 Å². The van der Waals surface area contributed by atoms with E-state index in [1.54, 1.807) is 4.57 Å². The van der Waals surface area contributed by atoms with Gasteiger partial charge in [0.2, 0.25) is 0 Å². The number of imidazole rings is 1. The molecule has 2 saturated heterocycles. The number of ether oxygens (including phenoxy) is 2. The van der Waals surface area contributed by atoms with Crippen LogP contribution in [-0.4, -0.2) is 86.1 Å². The predicted molar refractivity (Wildman–Crippen MR) is 81.4 cm³/mol. The Kier molecular flexibility index (Phi) is 4.06. The van der Waals surface area contributed by atoms with Crippen molar-refractivity contribution in [1.82, 2.24) is 19.5 Å². The summed E-state index contributed by atoms with van der Waals surface area (Å²) in [4.78, 5) is 15.0. The van der Waals surface area contributed by atoms with Crippen LogP contribution in [-0.2, 0) is 9.47 Å². The molecule has 0 aliphatic carbocycles. The maximum absolute atomic E-state index is 10.2. The third kappa shape index (κ3) is 2.43. The summed E-state index contributed by atoms with van der Waals surface area (Å²) in [5.41, 5.74) is 1.10. The van der Waals surface area contributed by atoms with Gasteiger partial charge in [-0.05, 0) is 0 Å². The average molecular weight is 337 g/mol. The second-order valence-electron chi connectivity index (χ2n) is 5.85. The standard InChI is InChI=1S/C14H19N5O5/c20-5-8-10(21)11(22)14(24-8)19-7-17-9-12(15-6-16-13(9)19)18-1-3-23-4-2-18/h6-8,10-11,14,20-22H,1-5H2/t8-,10+,11-,14-/m0/s1. The Hall–Kier alpha value is -1.85. The van der Waals surface area contributed by atoms with E-state index in [0.29, 0.717) is 43.3 Å². The number of aromatic nitrogens is 4. The van der Waals surface area contributed by atoms with Crippen LogP contribution >= 0.6 is 0 Å². The molecule has 0 amide bonds. The molecule has 10 nitrogen and oxygen atoms in total. The number of morpholine rings is 1. The summed E-state index contributed by atoms with van der Waals surface area (Å²) < 4.78 is 12.5. The molecule has 4 heterocycles. The van der Waals surface area contributed by atoms with Gasteiger partial charge in [0.15, 0.2) is 23.2 Å². The van der Waals surface area contributed by atoms with Crippen LogP contribution in [0, 0.1) is 0 Å². The van der Waals surface area contributed by atoms with Crippen molar-refractivity contribution >= 4 is 17.0 Å². The van der Waals surface area contributed by atoms with E-state index in [-0.39, 0.29) is 6.61 Å². The van der Waals surface area contributed by atoms with Crippen LogP contribution in [0.3, 0.4) is 0 Å². The Bertz CT molecular complexity index is 719. The normalized spacial score (nSPS) is 31.0. The van der Waals surface area contributed by atoms with E-state index in [9.17, 15) is 15.3 Å². The van der Waals surface area contributed by atoms with Crippen LogP contribution in [0.5, 0.6) is 0 Å². The lowest BCUT2D eigenvalue weighted by molar-refractivity contribution is -0.0511. The minimum atomic E-state index is -1.18. The van der Waals surface area contributed by atoms with Gasteiger partial charge in [-0.15, -0.1) is 0 Å². The third-order valence-corrected chi connectivity index (χ3v) is 4.44. The van der Waals surface area contributed by atoms with Crippen LogP contribution in [0.25, 0.3) is 11.2 Å². The van der Waals surface area contributed by atoms with Gasteiger partial charge in [0.1, 0.15) is 24.6 Å². The average Bonchev–Trinajstić information content (AvgIpc) is 3.17. The van der Waals surface area contributed by atoms with Crippen molar-refractivity contribution in [3.63, 3.8) is 0 Å². The number of hydrogen-bond donors (Lipinski definition) is 3. The van der Waals surface area contributed by atoms with Gasteiger partial charge in [-0.25, -0.2) is 15.0 Å². The molecule has 0 bridgehead atoms. The Morgan fingerprint density at radius 1 is 1.12 bits per heavy atom. The van der Waals surface area contributed by atoms with Crippen molar-refractivity contribution in [2.45, 2.75) is 24.5 Å². The molecule has 0 spiro atoms. The minimum Gasteiger partial charge on any atom is -0.394 e. The number of aliphatic hydroxyl groups excluding tert-OH is 3. The zero-order valence-electron chi connectivity index (χ0n) is 12.9. The Morgan fingerprint density at radius 3 is 2.62 bits per heavy atom. The number of aliphatic hydroxyl groups is 3. The summed E-state index contributed by atoms with van der Waals surface area (Å²) in [5, 5.41) is 29.4. The van der Waals surface area contributed by atoms with Gasteiger partial charge in [-0.2, -0.15) is 0 Å². The van der Waals surface area contributed by atoms with Crippen molar-refractivity contribution in [3.05, 3.63) is 12.7 Å². The highest BCUT2D eigenvalue weighted by Gasteiger charge is 2.44. The molecule has 0 unspecified atom stereocenters. The molecule has 2 aromatic heterocycles. The van der Waals surface area contributed by atoms with Crippen molar-refractivity contribution in [1.29, 1.82) is 0 Å². The van der Waals surface area contributed by atoms with Crippen LogP contribution < -0.4 is 4.90 Å². The van der Waals surface area contributed by atoms with E-state index in [0.717, 1.165) is 0 Å². The SMILES string of the molecule is OC[C@@H]1O[C@H](n2cnc3c(N4CCOCC4)ncnc32)[C@@H](O)[C@@H]1O. The molecule has 130 valence electrons. The lowest BCUT2D eigenvalue weighted by atomic mass is 10.1. The first kappa shape index (κ1) is 15.7. The number of rotatable bonds is 3. The minimum absolute atomic E-state index is 0.380. The van der Waals surface area contributed by atoms with E-state index >= 15 is 0 Å². The van der Waals surface area contributed by atoms with Gasteiger partial charge in [0.05, 0.1) is 26.1 Å². The first-order valence-electron chi connectivity index (χ1n) is 7.83. The Morgan fingerprint density at radius 2 is 1.92 bits per heavy atom. The molecule has 24 heavy (non-hydrogen) atoms. The molecule has 0 aromatic carbocycles. The van der Waals surface area contributed by atoms with Crippen LogP contribution in [0.4, 0.5) is 5.82 Å². The van der Waals surface area contributed by atoms with Crippen molar-refractivity contribution < 1.29 is 24.8 Å². The second kappa shape index (κ2) is 6.22. The van der Waals surface area contributed by atoms with E-state index in [4.69, 9.17) is 9.47 Å². The van der Waals surface area contributed by atoms with Gasteiger partial charge >= 0.3 is 0 Å². The molecule has 2 aliphatic heterocycles. The van der Waals surface area contributed by atoms with Gasteiger partial charge in [0.25, 0.3) is 0 Å². The molecule has 4 atom stereocenters. The molecule has 2 fully saturated rings. The summed E-state index contributed by atoms with van der Waals surface area (Å²) in [7, 11) is 0. The van der Waals surface area contributed by atoms with E-state index in [1.807, 2.05) is 0 Å². The van der Waals surface area contributed by atoms with Crippen molar-refractivity contribution in [3.8, 4) is 0 Å². The highest BCUT2D eigenvalue weighted by molar-refractivity contribution is 5.83. The number of fused-ring (bicyclic) bond motifs is 1. The zero-order valence-corrected chi connectivity index (χ0v) is 12.9. The molecule has 4 rings (SSSR count). The molecular weight excluding hydrogens is 318 g/mol. The monoisotopic (exact) mass is 337 g/mol. The fourth-order valence-electron chi connectivity index (χ4n) is 3.14. The fourth-order valence-corrected chi connectivity index (χ4v) is 3.14. The molecule has 3 N–H and O–H groups in total. The van der Waals surface area contributed by atoms with E-state index in [2.05, 4.69) is 19.9 Å². The Labute approximate surface area is 137 Å². The highest BCUT2D eigenvalue weighted by atomic mass is 16.6. The maximum atomic E-state index is 10.2. The first-order chi connectivity index (χ1) is 11.7. The van der Waals surface area contributed by atoms with E-state index in [1.165, 1.54) is 12.7 Å². The summed E-state index contributed by atoms with van der Waals surface area (Å²) in [5.74, 6) is 0.703. The smallest absolute Gasteiger partial charge is 0.167 e. The molecule has 0 radical (unpaired) electrons. The van der Waals surface area contributed by atoms with Crippen LogP contribution in [0.1, 0.15) is 6.23 Å². The maximum Gasteiger partial charge on any atom is 0.167 e. The lowest BCUT2D eigenvalue weighted by Gasteiger charge is -2.27. The van der Waals surface area contributed by atoms with Crippen LogP contribution in [0.2, 0.25) is 0 Å². The summed E-state index contributed by atoms with van der Waals surface area (Å²) in [6.45, 7) is 2.30. The second-order valence-corrected chi connectivity index (χ2v) is 5.85. The summed E-state index contributed by atoms with van der Waals surface area (Å²) >= 11 is 0. The first-order valence-corrected chi connectivity index (χ1v) is 7.83. The molecule has 0 saturated carbocycles. The molecule has 2 aromatic rings. The molecular formula is C14H19N5O5. The quantitative estimate of drug-likeness (QED) is 0.599. The Balaban J connectivity index is 1.71. The van der Waals surface area contributed by atoms with Gasteiger partial charge < -0.3 is 29.7 Å². The van der Waals surface area contributed by atoms with Crippen molar-refractivity contribution in [2.75, 3.05) is 37.8 Å². The summed E-state index contributed by atoms with van der Waals surface area (Å²) in [6.07, 6.45) is -1.12. The van der Waals surface area contributed by atoms with E-state index < -0.39 is 24.5 Å². The lowest BCUT2D eigenvalue weighted by Crippen LogP contribution is -2.37. The fraction of sp³-hybridized carbons (Fsp3) is 0.643. The van der Waals surface area contributed by atoms with Gasteiger partial charge in [0, 0.05) is 13.1 Å². The largest absolute Gasteiger partial charge is 0.394 e. The highest BCUT2D eigenvalue weighted by Crippen LogP contribution is 2.32. The van der Waals surface area contributed by atoms with Crippen LogP contribution in [0.15, 0.2) is 12.7 Å².